The molecule has 2 amide bonds. The van der Waals surface area contributed by atoms with Gasteiger partial charge >= 0.3 is 0 Å². The van der Waals surface area contributed by atoms with E-state index in [2.05, 4.69) is 5.32 Å². The summed E-state index contributed by atoms with van der Waals surface area (Å²) in [5, 5.41) is 2.86. The Morgan fingerprint density at radius 1 is 1.07 bits per heavy atom. The zero-order chi connectivity index (χ0) is 20.7. The van der Waals surface area contributed by atoms with E-state index in [0.29, 0.717) is 30.8 Å². The maximum Gasteiger partial charge on any atom is 0.254 e. The molecule has 0 bridgehead atoms. The zero-order valence-electron chi connectivity index (χ0n) is 17.0. The van der Waals surface area contributed by atoms with E-state index in [1.54, 1.807) is 24.0 Å². The van der Waals surface area contributed by atoms with E-state index in [1.807, 2.05) is 44.1 Å². The third-order valence-corrected chi connectivity index (χ3v) is 4.38. The quantitative estimate of drug-likeness (QED) is 0.737. The molecule has 1 N–H and O–H groups in total. The summed E-state index contributed by atoms with van der Waals surface area (Å²) in [7, 11) is 3.86. The van der Waals surface area contributed by atoms with Crippen molar-refractivity contribution in [2.45, 2.75) is 33.2 Å². The third-order valence-electron chi connectivity index (χ3n) is 4.38. The fourth-order valence-corrected chi connectivity index (χ4v) is 3.01. The molecule has 0 unspecified atom stereocenters. The Morgan fingerprint density at radius 3 is 2.43 bits per heavy atom. The lowest BCUT2D eigenvalue weighted by molar-refractivity contribution is -0.115. The summed E-state index contributed by atoms with van der Waals surface area (Å²) in [6.07, 6.45) is 1.18. The minimum Gasteiger partial charge on any atom is -0.377 e. The molecule has 0 aliphatic heterocycles. The molecule has 0 aliphatic carbocycles. The molecule has 0 spiro atoms. The lowest BCUT2D eigenvalue weighted by Crippen LogP contribution is -2.32. The molecule has 6 heteroatoms. The molecule has 2 rings (SSSR count). The SMILES string of the molecule is CCCN(Cc1cc(NC(=O)CC)ccc1N(C)C)C(=O)c1cccc(F)c1. The average Bonchev–Trinajstić information content (AvgIpc) is 2.67. The highest BCUT2D eigenvalue weighted by molar-refractivity contribution is 5.94. The second kappa shape index (κ2) is 9.88. The van der Waals surface area contributed by atoms with E-state index < -0.39 is 5.82 Å². The summed E-state index contributed by atoms with van der Waals surface area (Å²) < 4.78 is 13.6. The normalized spacial score (nSPS) is 10.5. The molecule has 150 valence electrons. The number of nitrogens with zero attached hydrogens (tertiary/aromatic N) is 2. The van der Waals surface area contributed by atoms with Crippen molar-refractivity contribution in [3.8, 4) is 0 Å². The number of carbonyl (C=O) groups excluding carboxylic acids is 2. The zero-order valence-corrected chi connectivity index (χ0v) is 17.0. The van der Waals surface area contributed by atoms with Gasteiger partial charge in [0.25, 0.3) is 5.91 Å². The first-order valence-electron chi connectivity index (χ1n) is 9.50. The molecule has 0 aliphatic rings. The molecule has 0 saturated heterocycles. The Kier molecular flexibility index (Phi) is 7.55. The monoisotopic (exact) mass is 385 g/mol. The minimum atomic E-state index is -0.430. The number of hydrogen-bond acceptors (Lipinski definition) is 3. The number of hydrogen-bond donors (Lipinski definition) is 1. The van der Waals surface area contributed by atoms with Gasteiger partial charge in [0.1, 0.15) is 5.82 Å². The lowest BCUT2D eigenvalue weighted by Gasteiger charge is -2.26. The topological polar surface area (TPSA) is 52.7 Å². The van der Waals surface area contributed by atoms with Crippen LogP contribution in [0.3, 0.4) is 0 Å². The fourth-order valence-electron chi connectivity index (χ4n) is 3.01. The number of benzene rings is 2. The van der Waals surface area contributed by atoms with Gasteiger partial charge in [0, 0.05) is 50.5 Å². The number of carbonyl (C=O) groups is 2. The molecule has 2 aromatic rings. The first-order valence-corrected chi connectivity index (χ1v) is 9.50. The summed E-state index contributed by atoms with van der Waals surface area (Å²) in [5.74, 6) is -0.709. The Hall–Kier alpha value is -2.89. The Balaban J connectivity index is 2.35. The molecule has 0 heterocycles. The van der Waals surface area contributed by atoms with E-state index >= 15 is 0 Å². The van der Waals surface area contributed by atoms with Crippen LogP contribution >= 0.6 is 0 Å². The smallest absolute Gasteiger partial charge is 0.254 e. The molecule has 0 saturated carbocycles. The van der Waals surface area contributed by atoms with Crippen molar-refractivity contribution in [3.05, 3.63) is 59.4 Å². The molecule has 2 aromatic carbocycles. The van der Waals surface area contributed by atoms with Crippen molar-refractivity contribution < 1.29 is 14.0 Å². The van der Waals surface area contributed by atoms with Crippen molar-refractivity contribution >= 4 is 23.2 Å². The average molecular weight is 385 g/mol. The van der Waals surface area contributed by atoms with Crippen molar-refractivity contribution in [2.75, 3.05) is 30.9 Å². The lowest BCUT2D eigenvalue weighted by atomic mass is 10.1. The molecular formula is C22H28FN3O2. The van der Waals surface area contributed by atoms with E-state index in [9.17, 15) is 14.0 Å². The van der Waals surface area contributed by atoms with Gasteiger partial charge in [0.05, 0.1) is 0 Å². The van der Waals surface area contributed by atoms with E-state index in [0.717, 1.165) is 17.7 Å². The molecule has 0 atom stereocenters. The number of halogens is 1. The summed E-state index contributed by atoms with van der Waals surface area (Å²) in [5.41, 5.74) is 2.90. The van der Waals surface area contributed by atoms with Gasteiger partial charge < -0.3 is 15.1 Å². The van der Waals surface area contributed by atoms with Crippen molar-refractivity contribution in [2.24, 2.45) is 0 Å². The van der Waals surface area contributed by atoms with E-state index in [4.69, 9.17) is 0 Å². The van der Waals surface area contributed by atoms with Gasteiger partial charge in [0.15, 0.2) is 0 Å². The summed E-state index contributed by atoms with van der Waals surface area (Å²) in [6, 6.07) is 11.4. The number of nitrogens with one attached hydrogen (secondary N) is 1. The fraction of sp³-hybridized carbons (Fsp3) is 0.364. The molecule has 28 heavy (non-hydrogen) atoms. The van der Waals surface area contributed by atoms with Gasteiger partial charge in [-0.15, -0.1) is 0 Å². The van der Waals surface area contributed by atoms with Crippen LogP contribution in [0.4, 0.5) is 15.8 Å². The highest BCUT2D eigenvalue weighted by Gasteiger charge is 2.18. The Bertz CT molecular complexity index is 836. The van der Waals surface area contributed by atoms with Crippen LogP contribution in [0, 0.1) is 5.82 Å². The minimum absolute atomic E-state index is 0.0650. The molecular weight excluding hydrogens is 357 g/mol. The van der Waals surface area contributed by atoms with Gasteiger partial charge in [-0.05, 0) is 48.4 Å². The first kappa shape index (κ1) is 21.4. The van der Waals surface area contributed by atoms with Crippen LogP contribution in [-0.4, -0.2) is 37.4 Å². The van der Waals surface area contributed by atoms with Crippen molar-refractivity contribution in [1.82, 2.24) is 4.90 Å². The van der Waals surface area contributed by atoms with Crippen LogP contribution in [0.5, 0.6) is 0 Å². The Morgan fingerprint density at radius 2 is 1.82 bits per heavy atom. The van der Waals surface area contributed by atoms with Crippen LogP contribution < -0.4 is 10.2 Å². The molecule has 0 aromatic heterocycles. The van der Waals surface area contributed by atoms with E-state index in [-0.39, 0.29) is 11.8 Å². The van der Waals surface area contributed by atoms with Gasteiger partial charge in [-0.2, -0.15) is 0 Å². The molecule has 0 radical (unpaired) electrons. The van der Waals surface area contributed by atoms with Crippen LogP contribution in [-0.2, 0) is 11.3 Å². The predicted molar refractivity (Wildman–Crippen MR) is 111 cm³/mol. The summed E-state index contributed by atoms with van der Waals surface area (Å²) in [6.45, 7) is 4.71. The van der Waals surface area contributed by atoms with Gasteiger partial charge in [-0.25, -0.2) is 4.39 Å². The number of rotatable bonds is 8. The second-order valence-corrected chi connectivity index (χ2v) is 6.88. The molecule has 5 nitrogen and oxygen atoms in total. The summed E-state index contributed by atoms with van der Waals surface area (Å²) >= 11 is 0. The largest absolute Gasteiger partial charge is 0.377 e. The predicted octanol–water partition coefficient (Wildman–Crippen LogP) is 4.29. The maximum atomic E-state index is 13.6. The van der Waals surface area contributed by atoms with Crippen molar-refractivity contribution in [3.63, 3.8) is 0 Å². The highest BCUT2D eigenvalue weighted by Crippen LogP contribution is 2.25. The van der Waals surface area contributed by atoms with Crippen LogP contribution in [0.25, 0.3) is 0 Å². The van der Waals surface area contributed by atoms with Crippen LogP contribution in [0.15, 0.2) is 42.5 Å². The maximum absolute atomic E-state index is 13.6. The third kappa shape index (κ3) is 5.55. The standard InChI is InChI=1S/C22H28FN3O2/c1-5-12-26(22(28)16-8-7-9-18(23)13-16)15-17-14-19(24-21(27)6-2)10-11-20(17)25(3)4/h7-11,13-14H,5-6,12,15H2,1-4H3,(H,24,27). The van der Waals surface area contributed by atoms with Gasteiger partial charge in [0.2, 0.25) is 5.91 Å². The number of amides is 2. The van der Waals surface area contributed by atoms with Gasteiger partial charge in [-0.3, -0.25) is 9.59 Å². The van der Waals surface area contributed by atoms with Gasteiger partial charge in [-0.1, -0.05) is 19.9 Å². The van der Waals surface area contributed by atoms with E-state index in [1.165, 1.54) is 12.1 Å². The molecule has 0 fully saturated rings. The van der Waals surface area contributed by atoms with Crippen LogP contribution in [0.1, 0.15) is 42.6 Å². The van der Waals surface area contributed by atoms with Crippen LogP contribution in [0.2, 0.25) is 0 Å². The second-order valence-electron chi connectivity index (χ2n) is 6.88. The Labute approximate surface area is 166 Å². The first-order chi connectivity index (χ1) is 13.3. The summed E-state index contributed by atoms with van der Waals surface area (Å²) in [4.78, 5) is 28.4. The van der Waals surface area contributed by atoms with Crippen molar-refractivity contribution in [1.29, 1.82) is 0 Å². The highest BCUT2D eigenvalue weighted by atomic mass is 19.1. The number of anilines is 2.